The maximum absolute atomic E-state index is 5.64. The van der Waals surface area contributed by atoms with Crippen molar-refractivity contribution in [1.29, 1.82) is 0 Å². The van der Waals surface area contributed by atoms with Crippen LogP contribution >= 0.6 is 11.8 Å². The van der Waals surface area contributed by atoms with Crippen LogP contribution < -0.4 is 10.6 Å². The SMILES string of the molecule is CSC1=NCCN1c1ccc(N)cc1. The van der Waals surface area contributed by atoms with E-state index < -0.39 is 0 Å². The molecule has 74 valence electrons. The quantitative estimate of drug-likeness (QED) is 0.714. The summed E-state index contributed by atoms with van der Waals surface area (Å²) in [5.74, 6) is 0. The average Bonchev–Trinajstić information content (AvgIpc) is 2.67. The Kier molecular flexibility index (Phi) is 2.63. The number of benzene rings is 1. The maximum atomic E-state index is 5.64. The van der Waals surface area contributed by atoms with E-state index in [9.17, 15) is 0 Å². The Hall–Kier alpha value is -1.16. The fraction of sp³-hybridized carbons (Fsp3) is 0.300. The Morgan fingerprint density at radius 1 is 1.36 bits per heavy atom. The zero-order valence-electron chi connectivity index (χ0n) is 8.10. The maximum Gasteiger partial charge on any atom is 0.163 e. The average molecular weight is 207 g/mol. The predicted molar refractivity (Wildman–Crippen MR) is 64.0 cm³/mol. The smallest absolute Gasteiger partial charge is 0.163 e. The monoisotopic (exact) mass is 207 g/mol. The standard InChI is InChI=1S/C10H13N3S/c1-14-10-12-6-7-13(10)9-4-2-8(11)3-5-9/h2-5H,6-7,11H2,1H3. The molecule has 0 radical (unpaired) electrons. The fourth-order valence-electron chi connectivity index (χ4n) is 1.50. The highest BCUT2D eigenvalue weighted by atomic mass is 32.2. The summed E-state index contributed by atoms with van der Waals surface area (Å²) in [7, 11) is 0. The molecule has 0 saturated heterocycles. The summed E-state index contributed by atoms with van der Waals surface area (Å²) in [5, 5.41) is 1.09. The molecule has 3 nitrogen and oxygen atoms in total. The summed E-state index contributed by atoms with van der Waals surface area (Å²) < 4.78 is 0. The Labute approximate surface area is 88.0 Å². The third kappa shape index (κ3) is 1.70. The van der Waals surface area contributed by atoms with Crippen LogP contribution in [-0.2, 0) is 0 Å². The first kappa shape index (κ1) is 9.40. The van der Waals surface area contributed by atoms with E-state index in [0.717, 1.165) is 23.9 Å². The van der Waals surface area contributed by atoms with Gasteiger partial charge in [-0.3, -0.25) is 4.99 Å². The van der Waals surface area contributed by atoms with E-state index in [4.69, 9.17) is 5.73 Å². The van der Waals surface area contributed by atoms with Crippen molar-refractivity contribution in [2.45, 2.75) is 0 Å². The number of rotatable bonds is 1. The van der Waals surface area contributed by atoms with E-state index in [2.05, 4.69) is 16.1 Å². The zero-order chi connectivity index (χ0) is 9.97. The summed E-state index contributed by atoms with van der Waals surface area (Å²) in [5.41, 5.74) is 7.61. The molecule has 0 aromatic heterocycles. The van der Waals surface area contributed by atoms with Crippen molar-refractivity contribution >= 4 is 28.3 Å². The molecule has 1 aliphatic rings. The lowest BCUT2D eigenvalue weighted by molar-refractivity contribution is 1.02. The second-order valence-corrected chi connectivity index (χ2v) is 3.88. The molecule has 2 rings (SSSR count). The van der Waals surface area contributed by atoms with Crippen molar-refractivity contribution in [1.82, 2.24) is 0 Å². The molecule has 0 amide bonds. The molecular weight excluding hydrogens is 194 g/mol. The second kappa shape index (κ2) is 3.92. The molecule has 0 bridgehead atoms. The Balaban J connectivity index is 2.23. The van der Waals surface area contributed by atoms with E-state index >= 15 is 0 Å². The van der Waals surface area contributed by atoms with Gasteiger partial charge >= 0.3 is 0 Å². The molecule has 0 unspecified atom stereocenters. The van der Waals surface area contributed by atoms with Crippen molar-refractivity contribution in [3.05, 3.63) is 24.3 Å². The van der Waals surface area contributed by atoms with E-state index in [0.29, 0.717) is 0 Å². The summed E-state index contributed by atoms with van der Waals surface area (Å²) in [6.45, 7) is 1.86. The number of nitrogens with zero attached hydrogens (tertiary/aromatic N) is 2. The van der Waals surface area contributed by atoms with Crippen LogP contribution in [-0.4, -0.2) is 24.5 Å². The van der Waals surface area contributed by atoms with Crippen molar-refractivity contribution < 1.29 is 0 Å². The molecule has 0 atom stereocenters. The largest absolute Gasteiger partial charge is 0.399 e. The fourth-order valence-corrected chi connectivity index (χ4v) is 2.13. The van der Waals surface area contributed by atoms with Gasteiger partial charge in [0, 0.05) is 17.9 Å². The van der Waals surface area contributed by atoms with Crippen LogP contribution in [0.3, 0.4) is 0 Å². The number of aliphatic imine (C=N–C) groups is 1. The lowest BCUT2D eigenvalue weighted by Crippen LogP contribution is -2.24. The van der Waals surface area contributed by atoms with Gasteiger partial charge in [-0.25, -0.2) is 0 Å². The summed E-state index contributed by atoms with van der Waals surface area (Å²) in [6, 6.07) is 7.91. The predicted octanol–water partition coefficient (Wildman–Crippen LogP) is 1.81. The molecule has 1 aromatic rings. The third-order valence-electron chi connectivity index (χ3n) is 2.19. The molecule has 0 saturated carbocycles. The van der Waals surface area contributed by atoms with Crippen LogP contribution in [0.1, 0.15) is 0 Å². The van der Waals surface area contributed by atoms with E-state index in [1.165, 1.54) is 5.69 Å². The highest BCUT2D eigenvalue weighted by Gasteiger charge is 2.16. The summed E-state index contributed by atoms with van der Waals surface area (Å²) in [6.07, 6.45) is 2.05. The molecule has 1 aliphatic heterocycles. The van der Waals surface area contributed by atoms with Crippen molar-refractivity contribution in [3.8, 4) is 0 Å². The topological polar surface area (TPSA) is 41.6 Å². The summed E-state index contributed by atoms with van der Waals surface area (Å²) >= 11 is 1.68. The highest BCUT2D eigenvalue weighted by Crippen LogP contribution is 2.22. The van der Waals surface area contributed by atoms with Gasteiger partial charge in [0.1, 0.15) is 0 Å². The number of amidine groups is 1. The van der Waals surface area contributed by atoms with Crippen LogP contribution in [0.25, 0.3) is 0 Å². The minimum Gasteiger partial charge on any atom is -0.399 e. The molecule has 4 heteroatoms. The van der Waals surface area contributed by atoms with Gasteiger partial charge in [-0.1, -0.05) is 11.8 Å². The molecular formula is C10H13N3S. The zero-order valence-corrected chi connectivity index (χ0v) is 8.92. The lowest BCUT2D eigenvalue weighted by Gasteiger charge is -2.18. The summed E-state index contributed by atoms with van der Waals surface area (Å²) in [4.78, 5) is 6.62. The first-order chi connectivity index (χ1) is 6.81. The number of anilines is 2. The van der Waals surface area contributed by atoms with Gasteiger partial charge in [0.15, 0.2) is 5.17 Å². The van der Waals surface area contributed by atoms with Gasteiger partial charge in [-0.2, -0.15) is 0 Å². The molecule has 1 heterocycles. The van der Waals surface area contributed by atoms with E-state index in [1.807, 2.05) is 24.3 Å². The lowest BCUT2D eigenvalue weighted by atomic mass is 10.2. The normalized spacial score (nSPS) is 15.8. The Bertz CT molecular complexity index is 345. The van der Waals surface area contributed by atoms with Gasteiger partial charge in [-0.05, 0) is 30.5 Å². The number of thioether (sulfide) groups is 1. The van der Waals surface area contributed by atoms with Crippen LogP contribution in [0, 0.1) is 0 Å². The molecule has 0 spiro atoms. The molecule has 0 fully saturated rings. The first-order valence-corrected chi connectivity index (χ1v) is 5.75. The van der Waals surface area contributed by atoms with Crippen molar-refractivity contribution in [3.63, 3.8) is 0 Å². The number of nitrogen functional groups attached to an aromatic ring is 1. The van der Waals surface area contributed by atoms with Gasteiger partial charge in [0.05, 0.1) is 6.54 Å². The van der Waals surface area contributed by atoms with Crippen LogP contribution in [0.5, 0.6) is 0 Å². The highest BCUT2D eigenvalue weighted by molar-refractivity contribution is 8.13. The van der Waals surface area contributed by atoms with E-state index in [-0.39, 0.29) is 0 Å². The van der Waals surface area contributed by atoms with Gasteiger partial charge in [-0.15, -0.1) is 0 Å². The van der Waals surface area contributed by atoms with Gasteiger partial charge < -0.3 is 10.6 Å². The second-order valence-electron chi connectivity index (χ2n) is 3.11. The minimum absolute atomic E-state index is 0.801. The first-order valence-electron chi connectivity index (χ1n) is 4.53. The van der Waals surface area contributed by atoms with Crippen molar-refractivity contribution in [2.24, 2.45) is 4.99 Å². The Morgan fingerprint density at radius 2 is 2.07 bits per heavy atom. The van der Waals surface area contributed by atoms with E-state index in [1.54, 1.807) is 11.8 Å². The number of hydrogen-bond acceptors (Lipinski definition) is 4. The van der Waals surface area contributed by atoms with Crippen LogP contribution in [0.2, 0.25) is 0 Å². The molecule has 0 aliphatic carbocycles. The van der Waals surface area contributed by atoms with Crippen LogP contribution in [0.15, 0.2) is 29.3 Å². The van der Waals surface area contributed by atoms with Crippen LogP contribution in [0.4, 0.5) is 11.4 Å². The molecule has 2 N–H and O–H groups in total. The number of nitrogens with two attached hydrogens (primary N) is 1. The van der Waals surface area contributed by atoms with Gasteiger partial charge in [0.2, 0.25) is 0 Å². The molecule has 14 heavy (non-hydrogen) atoms. The van der Waals surface area contributed by atoms with Crippen molar-refractivity contribution in [2.75, 3.05) is 30.0 Å². The minimum atomic E-state index is 0.801. The molecule has 1 aromatic carbocycles. The third-order valence-corrected chi connectivity index (χ3v) is 2.90. The number of hydrogen-bond donors (Lipinski definition) is 1. The Morgan fingerprint density at radius 3 is 2.71 bits per heavy atom. The van der Waals surface area contributed by atoms with Gasteiger partial charge in [0.25, 0.3) is 0 Å².